The van der Waals surface area contributed by atoms with E-state index in [2.05, 4.69) is 45.6 Å². The Hall–Kier alpha value is -3.20. The van der Waals surface area contributed by atoms with Crippen LogP contribution in [0.4, 0.5) is 5.82 Å². The molecule has 0 radical (unpaired) electrons. The molecule has 4 aromatic rings. The number of aromatic amines is 1. The zero-order valence-corrected chi connectivity index (χ0v) is 18.4. The molecule has 8 nitrogen and oxygen atoms in total. The quantitative estimate of drug-likeness (QED) is 0.505. The summed E-state index contributed by atoms with van der Waals surface area (Å²) in [5, 5.41) is 1.50. The van der Waals surface area contributed by atoms with Crippen molar-refractivity contribution >= 4 is 38.3 Å². The molecule has 0 fully saturated rings. The molecule has 0 aliphatic carbocycles. The molecule has 3 heterocycles. The molecule has 4 rings (SSSR count). The first kappa shape index (κ1) is 20.1. The van der Waals surface area contributed by atoms with E-state index in [1.54, 1.807) is 36.9 Å². The first-order chi connectivity index (χ1) is 14.5. The molecule has 0 bridgehead atoms. The van der Waals surface area contributed by atoms with Crippen LogP contribution in [0.15, 0.2) is 23.3 Å². The van der Waals surface area contributed by atoms with Crippen LogP contribution in [0, 0.1) is 13.8 Å². The number of aromatic nitrogens is 4. The zero-order valence-electron chi connectivity index (χ0n) is 17.6. The van der Waals surface area contributed by atoms with Gasteiger partial charge in [-0.2, -0.15) is 0 Å². The fraction of sp³-hybridized carbons (Fsp3) is 0.333. The summed E-state index contributed by atoms with van der Waals surface area (Å²) in [5.74, 6) is 2.42. The summed E-state index contributed by atoms with van der Waals surface area (Å²) in [7, 11) is 3.09. The number of nitrogens with zero attached hydrogens (tertiary/aromatic N) is 4. The van der Waals surface area contributed by atoms with Gasteiger partial charge in [0, 0.05) is 17.5 Å². The highest BCUT2D eigenvalue weighted by Crippen LogP contribution is 2.35. The third kappa shape index (κ3) is 3.35. The monoisotopic (exact) mass is 425 g/mol. The third-order valence-corrected chi connectivity index (χ3v) is 6.34. The maximum atomic E-state index is 12.7. The van der Waals surface area contributed by atoms with Crippen molar-refractivity contribution in [2.45, 2.75) is 27.3 Å². The Morgan fingerprint density at radius 1 is 1.13 bits per heavy atom. The smallest absolute Gasteiger partial charge is 0.258 e. The van der Waals surface area contributed by atoms with Crippen molar-refractivity contribution in [2.24, 2.45) is 0 Å². The van der Waals surface area contributed by atoms with E-state index in [1.807, 2.05) is 0 Å². The van der Waals surface area contributed by atoms with E-state index in [9.17, 15) is 4.79 Å². The minimum Gasteiger partial charge on any atom is -0.493 e. The fourth-order valence-corrected chi connectivity index (χ4v) is 4.50. The highest BCUT2D eigenvalue weighted by Gasteiger charge is 2.18. The summed E-state index contributed by atoms with van der Waals surface area (Å²) in [6, 6.07) is 3.37. The van der Waals surface area contributed by atoms with E-state index in [0.29, 0.717) is 41.3 Å². The molecule has 9 heteroatoms. The molecule has 156 valence electrons. The number of thiophene rings is 1. The summed E-state index contributed by atoms with van der Waals surface area (Å²) in [4.78, 5) is 33.5. The largest absolute Gasteiger partial charge is 0.493 e. The predicted molar refractivity (Wildman–Crippen MR) is 119 cm³/mol. The summed E-state index contributed by atoms with van der Waals surface area (Å²) in [6.07, 6.45) is 1.59. The molecule has 30 heavy (non-hydrogen) atoms. The van der Waals surface area contributed by atoms with Crippen LogP contribution in [-0.4, -0.2) is 40.7 Å². The van der Waals surface area contributed by atoms with Gasteiger partial charge in [0.1, 0.15) is 22.8 Å². The van der Waals surface area contributed by atoms with E-state index in [4.69, 9.17) is 9.47 Å². The Kier molecular flexibility index (Phi) is 5.29. The summed E-state index contributed by atoms with van der Waals surface area (Å²) in [5.41, 5.74) is 1.51. The first-order valence-corrected chi connectivity index (χ1v) is 10.4. The molecule has 0 saturated heterocycles. The number of fused-ring (bicyclic) bond motifs is 2. The van der Waals surface area contributed by atoms with Crippen LogP contribution in [0.5, 0.6) is 11.5 Å². The zero-order chi connectivity index (χ0) is 21.4. The number of ether oxygens (including phenoxy) is 2. The van der Waals surface area contributed by atoms with E-state index in [-0.39, 0.29) is 5.56 Å². The summed E-state index contributed by atoms with van der Waals surface area (Å²) < 4.78 is 10.7. The number of nitrogens with one attached hydrogen (secondary N) is 1. The second-order valence-corrected chi connectivity index (χ2v) is 8.12. The second kappa shape index (κ2) is 7.91. The minimum atomic E-state index is -0.220. The molecule has 0 aliphatic heterocycles. The van der Waals surface area contributed by atoms with Crippen LogP contribution in [0.2, 0.25) is 0 Å². The molecule has 1 N–H and O–H groups in total. The van der Waals surface area contributed by atoms with Crippen LogP contribution >= 0.6 is 11.3 Å². The first-order valence-electron chi connectivity index (χ1n) is 9.57. The number of aryl methyl sites for hydroxylation is 2. The molecule has 3 aromatic heterocycles. The lowest BCUT2D eigenvalue weighted by atomic mass is 10.2. The molecule has 0 amide bonds. The Morgan fingerprint density at radius 3 is 2.57 bits per heavy atom. The van der Waals surface area contributed by atoms with Gasteiger partial charge < -0.3 is 19.4 Å². The van der Waals surface area contributed by atoms with Crippen LogP contribution in [0.1, 0.15) is 23.2 Å². The normalized spacial score (nSPS) is 11.2. The minimum absolute atomic E-state index is 0.220. The van der Waals surface area contributed by atoms with Gasteiger partial charge in [-0.3, -0.25) is 4.79 Å². The number of H-pyrrole nitrogens is 1. The lowest BCUT2D eigenvalue weighted by molar-refractivity contribution is 0.355. The van der Waals surface area contributed by atoms with Gasteiger partial charge in [0.2, 0.25) is 0 Å². The molecule has 0 saturated carbocycles. The standard InChI is InChI=1S/C21H23N5O3S/c1-6-26(19-18-11(2)12(3)30-21(18)23-10-22-19)9-17-24-14-8-16(29-5)15(28-4)7-13(14)20(27)25-17/h7-8,10H,6,9H2,1-5H3,(H,24,25,27). The molecule has 0 spiro atoms. The van der Waals surface area contributed by atoms with Crippen molar-refractivity contribution in [2.75, 3.05) is 25.7 Å². The van der Waals surface area contributed by atoms with Gasteiger partial charge in [0.15, 0.2) is 11.5 Å². The Labute approximate surface area is 177 Å². The van der Waals surface area contributed by atoms with Crippen molar-refractivity contribution in [1.29, 1.82) is 0 Å². The van der Waals surface area contributed by atoms with Gasteiger partial charge in [-0.15, -0.1) is 11.3 Å². The average molecular weight is 426 g/mol. The molecule has 0 aliphatic rings. The van der Waals surface area contributed by atoms with Crippen molar-refractivity contribution in [3.63, 3.8) is 0 Å². The number of hydrogen-bond acceptors (Lipinski definition) is 8. The van der Waals surface area contributed by atoms with Gasteiger partial charge in [0.05, 0.1) is 37.1 Å². The number of anilines is 1. The number of benzene rings is 1. The average Bonchev–Trinajstić information content (AvgIpc) is 3.05. The summed E-state index contributed by atoms with van der Waals surface area (Å²) in [6.45, 7) is 7.34. The highest BCUT2D eigenvalue weighted by atomic mass is 32.1. The van der Waals surface area contributed by atoms with Gasteiger partial charge in [-0.05, 0) is 32.4 Å². The van der Waals surface area contributed by atoms with Gasteiger partial charge >= 0.3 is 0 Å². The Bertz CT molecular complexity index is 1300. The van der Waals surface area contributed by atoms with E-state index in [0.717, 1.165) is 16.0 Å². The SMILES string of the molecule is CCN(Cc1nc2cc(OC)c(OC)cc2c(=O)[nH]1)c1ncnc2sc(C)c(C)c12. The van der Waals surface area contributed by atoms with E-state index >= 15 is 0 Å². The van der Waals surface area contributed by atoms with Crippen molar-refractivity contribution < 1.29 is 9.47 Å². The lowest BCUT2D eigenvalue weighted by Gasteiger charge is -2.22. The topological polar surface area (TPSA) is 93.2 Å². The lowest BCUT2D eigenvalue weighted by Crippen LogP contribution is -2.26. The van der Waals surface area contributed by atoms with Crippen molar-refractivity contribution in [3.8, 4) is 11.5 Å². The molecule has 0 unspecified atom stereocenters. The van der Waals surface area contributed by atoms with Crippen LogP contribution in [-0.2, 0) is 6.54 Å². The molecular weight excluding hydrogens is 402 g/mol. The van der Waals surface area contributed by atoms with Crippen LogP contribution in [0.25, 0.3) is 21.1 Å². The highest BCUT2D eigenvalue weighted by molar-refractivity contribution is 7.18. The molecular formula is C21H23N5O3S. The van der Waals surface area contributed by atoms with Gasteiger partial charge in [-0.1, -0.05) is 0 Å². The number of methoxy groups -OCH3 is 2. The predicted octanol–water partition coefficient (Wildman–Crippen LogP) is 3.59. The Balaban J connectivity index is 1.78. The summed E-state index contributed by atoms with van der Waals surface area (Å²) >= 11 is 1.66. The molecule has 1 aromatic carbocycles. The Morgan fingerprint density at radius 2 is 1.87 bits per heavy atom. The van der Waals surface area contributed by atoms with Crippen LogP contribution < -0.4 is 19.9 Å². The molecule has 0 atom stereocenters. The number of hydrogen-bond donors (Lipinski definition) is 1. The second-order valence-electron chi connectivity index (χ2n) is 6.91. The van der Waals surface area contributed by atoms with Crippen LogP contribution in [0.3, 0.4) is 0 Å². The van der Waals surface area contributed by atoms with E-state index < -0.39 is 0 Å². The van der Waals surface area contributed by atoms with E-state index in [1.165, 1.54) is 17.6 Å². The maximum absolute atomic E-state index is 12.7. The third-order valence-electron chi connectivity index (χ3n) is 5.23. The fourth-order valence-electron chi connectivity index (χ4n) is 3.51. The van der Waals surface area contributed by atoms with Crippen molar-refractivity contribution in [1.82, 2.24) is 19.9 Å². The van der Waals surface area contributed by atoms with Gasteiger partial charge in [-0.25, -0.2) is 15.0 Å². The van der Waals surface area contributed by atoms with Gasteiger partial charge in [0.25, 0.3) is 5.56 Å². The maximum Gasteiger partial charge on any atom is 0.258 e. The van der Waals surface area contributed by atoms with Crippen molar-refractivity contribution in [3.05, 3.63) is 45.1 Å². The number of rotatable bonds is 6.